The second kappa shape index (κ2) is 8.13. The zero-order chi connectivity index (χ0) is 11.3. The fraction of sp³-hybridized carbons (Fsp3) is 0.800. The molecule has 0 aromatic rings. The predicted molar refractivity (Wildman–Crippen MR) is 52.9 cm³/mol. The van der Waals surface area contributed by atoms with Crippen molar-refractivity contribution in [2.24, 2.45) is 11.8 Å². The van der Waals surface area contributed by atoms with E-state index in [1.165, 1.54) is 0 Å². The maximum absolute atomic E-state index is 11.4. The summed E-state index contributed by atoms with van der Waals surface area (Å²) in [5, 5.41) is 8.80. The van der Waals surface area contributed by atoms with Crippen molar-refractivity contribution in [2.75, 3.05) is 0 Å². The number of carbonyl (C=O) groups is 2. The molecule has 0 radical (unpaired) electrons. The van der Waals surface area contributed by atoms with E-state index < -0.39 is 17.9 Å². The van der Waals surface area contributed by atoms with Gasteiger partial charge in [-0.25, -0.2) is 0 Å². The zero-order valence-corrected chi connectivity index (χ0v) is 12.1. The van der Waals surface area contributed by atoms with E-state index in [0.29, 0.717) is 6.42 Å². The topological polar surface area (TPSA) is 63.6 Å². The largest absolute Gasteiger partial charge is 1.00 e. The molecule has 0 rings (SSSR count). The van der Waals surface area contributed by atoms with Crippen LogP contribution in [0.25, 0.3) is 0 Å². The van der Waals surface area contributed by atoms with Gasteiger partial charge in [-0.1, -0.05) is 20.8 Å². The molecule has 0 saturated carbocycles. The fourth-order valence-corrected chi connectivity index (χ4v) is 1.01. The molecule has 0 aliphatic heterocycles. The van der Waals surface area contributed by atoms with Crippen LogP contribution >= 0.6 is 0 Å². The Labute approximate surface area is 114 Å². The summed E-state index contributed by atoms with van der Waals surface area (Å²) in [6.45, 7) is 7.01. The van der Waals surface area contributed by atoms with Crippen LogP contribution in [0.4, 0.5) is 0 Å². The van der Waals surface area contributed by atoms with Gasteiger partial charge in [0, 0.05) is 0 Å². The van der Waals surface area contributed by atoms with Crippen LogP contribution in [-0.4, -0.2) is 23.1 Å². The van der Waals surface area contributed by atoms with Gasteiger partial charge in [0.1, 0.15) is 0 Å². The first kappa shape index (κ1) is 17.3. The number of carboxylic acids is 1. The summed E-state index contributed by atoms with van der Waals surface area (Å²) in [6.07, 6.45) is 0.471. The Morgan fingerprint density at radius 1 is 1.33 bits per heavy atom. The number of hydrogen-bond acceptors (Lipinski definition) is 3. The fourth-order valence-electron chi connectivity index (χ4n) is 1.01. The Bertz CT molecular complexity index is 221. The van der Waals surface area contributed by atoms with Gasteiger partial charge < -0.3 is 11.3 Å². The molecule has 0 amide bonds. The predicted octanol–water partition coefficient (Wildman–Crippen LogP) is -1.20. The normalized spacial score (nSPS) is 13.9. The number of ether oxygens (including phenoxy) is 1. The Hall–Kier alpha value is -0.0600. The Morgan fingerprint density at radius 3 is 2.07 bits per heavy atom. The van der Waals surface area contributed by atoms with Crippen LogP contribution in [0.2, 0.25) is 0 Å². The third kappa shape index (κ3) is 6.17. The van der Waals surface area contributed by atoms with Crippen molar-refractivity contribution in [3.05, 3.63) is 0 Å². The van der Waals surface area contributed by atoms with Crippen LogP contribution < -0.4 is 29.6 Å². The van der Waals surface area contributed by atoms with Crippen molar-refractivity contribution in [2.45, 2.75) is 40.2 Å². The van der Waals surface area contributed by atoms with Crippen molar-refractivity contribution in [3.63, 3.8) is 0 Å². The Morgan fingerprint density at radius 2 is 1.80 bits per heavy atom. The third-order valence-corrected chi connectivity index (χ3v) is 2.08. The van der Waals surface area contributed by atoms with Crippen LogP contribution in [0, 0.1) is 11.8 Å². The molecule has 15 heavy (non-hydrogen) atoms. The second-order valence-corrected chi connectivity index (χ2v) is 3.72. The molecule has 0 aromatic heterocycles. The molecule has 1 N–H and O–H groups in total. The minimum atomic E-state index is -1.12. The van der Waals surface area contributed by atoms with Gasteiger partial charge >= 0.3 is 41.5 Å². The zero-order valence-electron chi connectivity index (χ0n) is 11.1. The first-order valence-corrected chi connectivity index (χ1v) is 4.83. The van der Waals surface area contributed by atoms with E-state index in [1.807, 2.05) is 6.92 Å². The van der Waals surface area contributed by atoms with Gasteiger partial charge in [0.15, 0.2) is 5.92 Å². The second-order valence-electron chi connectivity index (χ2n) is 3.72. The molecule has 5 heteroatoms. The molecule has 0 aliphatic carbocycles. The molecule has 4 nitrogen and oxygen atoms in total. The minimum Gasteiger partial charge on any atom is -1.00 e. The number of hydrogen-bond donors (Lipinski definition) is 1. The third-order valence-electron chi connectivity index (χ3n) is 2.08. The van der Waals surface area contributed by atoms with Gasteiger partial charge in [-0.05, 0) is 19.3 Å². The first-order chi connectivity index (χ1) is 6.40. The SMILES string of the molecule is CCC(C)OC(=O)C(C(=O)O)C(C)C.[H-].[Na+]. The summed E-state index contributed by atoms with van der Waals surface area (Å²) in [5.74, 6) is -3.05. The summed E-state index contributed by atoms with van der Waals surface area (Å²) >= 11 is 0. The van der Waals surface area contributed by atoms with E-state index in [1.54, 1.807) is 20.8 Å². The molecule has 0 spiro atoms. The van der Waals surface area contributed by atoms with Gasteiger partial charge in [-0.3, -0.25) is 9.59 Å². The summed E-state index contributed by atoms with van der Waals surface area (Å²) in [5.41, 5.74) is 0. The van der Waals surface area contributed by atoms with Gasteiger partial charge in [0.25, 0.3) is 0 Å². The van der Waals surface area contributed by atoms with Crippen LogP contribution in [0.1, 0.15) is 35.5 Å². The van der Waals surface area contributed by atoms with Gasteiger partial charge in [-0.2, -0.15) is 0 Å². The maximum Gasteiger partial charge on any atom is 1.00 e. The number of carbonyl (C=O) groups excluding carboxylic acids is 1. The van der Waals surface area contributed by atoms with Gasteiger partial charge in [0.2, 0.25) is 0 Å². The number of rotatable bonds is 5. The molecule has 0 heterocycles. The molecule has 0 aliphatic rings. The summed E-state index contributed by atoms with van der Waals surface area (Å²) in [7, 11) is 0. The summed E-state index contributed by atoms with van der Waals surface area (Å²) in [4.78, 5) is 22.1. The van der Waals surface area contributed by atoms with Crippen molar-refractivity contribution >= 4 is 11.9 Å². The molecule has 0 fully saturated rings. The van der Waals surface area contributed by atoms with E-state index >= 15 is 0 Å². The number of aliphatic carboxylic acids is 1. The van der Waals surface area contributed by atoms with E-state index in [-0.39, 0.29) is 43.0 Å². The minimum absolute atomic E-state index is 0. The van der Waals surface area contributed by atoms with Crippen molar-refractivity contribution in [1.29, 1.82) is 0 Å². The standard InChI is InChI=1S/C10H18O4.Na.H/c1-5-7(4)14-10(13)8(6(2)3)9(11)12;;/h6-8H,5H2,1-4H3,(H,11,12);;/q;+1;-1. The van der Waals surface area contributed by atoms with Crippen LogP contribution in [0.15, 0.2) is 0 Å². The molecular formula is C10H19NaO4. The quantitative estimate of drug-likeness (QED) is 0.363. The maximum atomic E-state index is 11.4. The van der Waals surface area contributed by atoms with Crippen LogP contribution in [0.5, 0.6) is 0 Å². The summed E-state index contributed by atoms with van der Waals surface area (Å²) < 4.78 is 4.96. The summed E-state index contributed by atoms with van der Waals surface area (Å²) in [6, 6.07) is 0. The van der Waals surface area contributed by atoms with E-state index in [2.05, 4.69) is 0 Å². The molecular weight excluding hydrogens is 207 g/mol. The van der Waals surface area contributed by atoms with E-state index in [0.717, 1.165) is 0 Å². The molecule has 0 saturated heterocycles. The number of esters is 1. The Kier molecular flexibility index (Phi) is 9.40. The van der Waals surface area contributed by atoms with Crippen molar-refractivity contribution in [1.82, 2.24) is 0 Å². The average Bonchev–Trinajstić information content (AvgIpc) is 2.02. The number of carboxylic acid groups (broad SMARTS) is 1. The smallest absolute Gasteiger partial charge is 1.00 e. The monoisotopic (exact) mass is 226 g/mol. The first-order valence-electron chi connectivity index (χ1n) is 4.83. The van der Waals surface area contributed by atoms with Crippen LogP contribution in [-0.2, 0) is 14.3 Å². The molecule has 0 aromatic carbocycles. The van der Waals surface area contributed by atoms with Crippen molar-refractivity contribution < 1.29 is 50.4 Å². The molecule has 2 unspecified atom stereocenters. The van der Waals surface area contributed by atoms with Crippen LogP contribution in [0.3, 0.4) is 0 Å². The van der Waals surface area contributed by atoms with Gasteiger partial charge in [-0.15, -0.1) is 0 Å². The average molecular weight is 226 g/mol. The molecule has 0 bridgehead atoms. The molecule has 2 atom stereocenters. The van der Waals surface area contributed by atoms with E-state index in [9.17, 15) is 9.59 Å². The Balaban J connectivity index is -0.000000845. The van der Waals surface area contributed by atoms with E-state index in [4.69, 9.17) is 9.84 Å². The van der Waals surface area contributed by atoms with Gasteiger partial charge in [0.05, 0.1) is 6.10 Å². The van der Waals surface area contributed by atoms with Crippen molar-refractivity contribution in [3.8, 4) is 0 Å². The molecule has 84 valence electrons.